The van der Waals surface area contributed by atoms with Gasteiger partial charge in [-0.25, -0.2) is 0 Å². The van der Waals surface area contributed by atoms with E-state index in [1.165, 1.54) is 0 Å². The first-order valence-electron chi connectivity index (χ1n) is 5.64. The van der Waals surface area contributed by atoms with Crippen LogP contribution in [0.25, 0.3) is 0 Å². The number of rotatable bonds is 11. The summed E-state index contributed by atoms with van der Waals surface area (Å²) >= 11 is 3.62. The number of hydrogen-bond donors (Lipinski definition) is 1. The van der Waals surface area contributed by atoms with Crippen LogP contribution in [0, 0.1) is 0 Å². The largest absolute Gasteiger partial charge is 0.385 e. The van der Waals surface area contributed by atoms with Crippen LogP contribution in [0.1, 0.15) is 6.42 Å². The van der Waals surface area contributed by atoms with Crippen LogP contribution >= 0.6 is 23.5 Å². The van der Waals surface area contributed by atoms with E-state index < -0.39 is 5.66 Å². The van der Waals surface area contributed by atoms with Gasteiger partial charge in [-0.2, -0.15) is 11.8 Å². The molecular weight excluding hydrogens is 256 g/mol. The van der Waals surface area contributed by atoms with Crippen LogP contribution in [0.4, 0.5) is 0 Å². The molecule has 4 nitrogen and oxygen atoms in total. The van der Waals surface area contributed by atoms with E-state index in [-0.39, 0.29) is 0 Å². The lowest BCUT2D eigenvalue weighted by Gasteiger charge is -2.40. The van der Waals surface area contributed by atoms with Crippen molar-refractivity contribution in [2.45, 2.75) is 12.1 Å². The van der Waals surface area contributed by atoms with Gasteiger partial charge in [0.25, 0.3) is 0 Å². The molecule has 0 heterocycles. The molecule has 2 N–H and O–H groups in total. The van der Waals surface area contributed by atoms with Gasteiger partial charge in [-0.3, -0.25) is 4.90 Å². The van der Waals surface area contributed by atoms with Crippen LogP contribution in [-0.2, 0) is 9.47 Å². The van der Waals surface area contributed by atoms with Crippen LogP contribution in [0.3, 0.4) is 0 Å². The van der Waals surface area contributed by atoms with Crippen molar-refractivity contribution in [3.05, 3.63) is 0 Å². The molecule has 0 aliphatic carbocycles. The molecule has 0 aliphatic heterocycles. The molecular formula is C11H26N2O2S2. The molecule has 0 saturated heterocycles. The summed E-state index contributed by atoms with van der Waals surface area (Å²) in [5, 5.41) is 0. The van der Waals surface area contributed by atoms with E-state index in [9.17, 15) is 0 Å². The van der Waals surface area contributed by atoms with E-state index in [0.29, 0.717) is 13.2 Å². The molecule has 0 rings (SSSR count). The second-order valence-corrected chi connectivity index (χ2v) is 5.77. The molecule has 0 aliphatic rings. The standard InChI is InChI=1S/C11H26N2O2S2/c1-14-7-5-11(12,9-15-2)13(10-17-4)6-8-16-3/h5-10,12H2,1-4H3. The Hall–Kier alpha value is 0.540. The molecule has 0 amide bonds. The fourth-order valence-corrected chi connectivity index (χ4v) is 2.72. The molecule has 0 bridgehead atoms. The zero-order chi connectivity index (χ0) is 13.1. The molecule has 104 valence electrons. The van der Waals surface area contributed by atoms with Crippen LogP contribution in [-0.4, -0.2) is 68.7 Å². The van der Waals surface area contributed by atoms with E-state index >= 15 is 0 Å². The normalized spacial score (nSPS) is 15.2. The van der Waals surface area contributed by atoms with E-state index in [1.807, 2.05) is 11.8 Å². The summed E-state index contributed by atoms with van der Waals surface area (Å²) in [5.41, 5.74) is 6.04. The molecule has 0 spiro atoms. The average molecular weight is 282 g/mol. The van der Waals surface area contributed by atoms with Crippen LogP contribution < -0.4 is 5.73 Å². The van der Waals surface area contributed by atoms with Gasteiger partial charge in [0.05, 0.1) is 12.3 Å². The number of thioether (sulfide) groups is 2. The van der Waals surface area contributed by atoms with Gasteiger partial charge in [0.2, 0.25) is 0 Å². The summed E-state index contributed by atoms with van der Waals surface area (Å²) in [6.07, 6.45) is 4.99. The molecule has 6 heteroatoms. The number of ether oxygens (including phenoxy) is 2. The predicted molar refractivity (Wildman–Crippen MR) is 78.8 cm³/mol. The molecule has 0 aromatic carbocycles. The Balaban J connectivity index is 4.53. The zero-order valence-electron chi connectivity index (χ0n) is 11.4. The van der Waals surface area contributed by atoms with Gasteiger partial charge in [0, 0.05) is 45.4 Å². The van der Waals surface area contributed by atoms with Gasteiger partial charge >= 0.3 is 0 Å². The summed E-state index contributed by atoms with van der Waals surface area (Å²) in [6, 6.07) is 0. The summed E-state index contributed by atoms with van der Waals surface area (Å²) in [7, 11) is 3.40. The SMILES string of the molecule is COCCC(N)(COC)N(CCSC)CSC. The molecule has 1 atom stereocenters. The maximum Gasteiger partial charge on any atom is 0.0956 e. The second kappa shape index (κ2) is 10.5. The van der Waals surface area contributed by atoms with Gasteiger partial charge in [-0.05, 0) is 12.5 Å². The minimum Gasteiger partial charge on any atom is -0.385 e. The van der Waals surface area contributed by atoms with E-state index in [2.05, 4.69) is 17.4 Å². The first kappa shape index (κ1) is 17.5. The van der Waals surface area contributed by atoms with Crippen LogP contribution in [0.5, 0.6) is 0 Å². The lowest BCUT2D eigenvalue weighted by molar-refractivity contribution is 0.00639. The maximum atomic E-state index is 6.46. The Bertz CT molecular complexity index is 187. The Morgan fingerprint density at radius 3 is 2.35 bits per heavy atom. The molecule has 1 unspecified atom stereocenters. The number of nitrogens with zero attached hydrogens (tertiary/aromatic N) is 1. The Kier molecular flexibility index (Phi) is 10.8. The first-order valence-corrected chi connectivity index (χ1v) is 8.43. The summed E-state index contributed by atoms with van der Waals surface area (Å²) in [6.45, 7) is 2.17. The Morgan fingerprint density at radius 1 is 1.18 bits per heavy atom. The zero-order valence-corrected chi connectivity index (χ0v) is 13.0. The molecule has 0 aromatic heterocycles. The summed E-state index contributed by atoms with van der Waals surface area (Å²) < 4.78 is 10.4. The van der Waals surface area contributed by atoms with Crippen LogP contribution in [0.15, 0.2) is 0 Å². The van der Waals surface area contributed by atoms with Crippen molar-refractivity contribution in [2.75, 3.05) is 58.1 Å². The smallest absolute Gasteiger partial charge is 0.0956 e. The third-order valence-corrected chi connectivity index (χ3v) is 3.77. The highest BCUT2D eigenvalue weighted by Crippen LogP contribution is 2.18. The predicted octanol–water partition coefficient (Wildman–Crippen LogP) is 1.31. The highest BCUT2D eigenvalue weighted by Gasteiger charge is 2.31. The Morgan fingerprint density at radius 2 is 1.88 bits per heavy atom. The summed E-state index contributed by atoms with van der Waals surface area (Å²) in [5.74, 6) is 2.00. The van der Waals surface area contributed by atoms with Crippen molar-refractivity contribution >= 4 is 23.5 Å². The average Bonchev–Trinajstić information content (AvgIpc) is 2.32. The van der Waals surface area contributed by atoms with Crippen molar-refractivity contribution in [3.63, 3.8) is 0 Å². The maximum absolute atomic E-state index is 6.46. The third kappa shape index (κ3) is 6.88. The van der Waals surface area contributed by atoms with E-state index in [1.54, 1.807) is 26.0 Å². The van der Waals surface area contributed by atoms with Gasteiger partial charge in [0.1, 0.15) is 0 Å². The number of methoxy groups -OCH3 is 2. The van der Waals surface area contributed by atoms with Crippen molar-refractivity contribution in [1.82, 2.24) is 4.90 Å². The van der Waals surface area contributed by atoms with Crippen molar-refractivity contribution in [1.29, 1.82) is 0 Å². The molecule has 0 saturated carbocycles. The molecule has 17 heavy (non-hydrogen) atoms. The first-order chi connectivity index (χ1) is 8.14. The van der Waals surface area contributed by atoms with E-state index in [4.69, 9.17) is 15.2 Å². The third-order valence-electron chi connectivity index (χ3n) is 2.61. The minimum atomic E-state index is -0.427. The highest BCUT2D eigenvalue weighted by molar-refractivity contribution is 7.98. The topological polar surface area (TPSA) is 47.7 Å². The van der Waals surface area contributed by atoms with Gasteiger partial charge in [0.15, 0.2) is 0 Å². The lowest BCUT2D eigenvalue weighted by Crippen LogP contribution is -2.60. The second-order valence-electron chi connectivity index (χ2n) is 3.95. The quantitative estimate of drug-likeness (QED) is 0.577. The molecule has 0 aromatic rings. The monoisotopic (exact) mass is 282 g/mol. The fraction of sp³-hybridized carbons (Fsp3) is 1.00. The number of hydrogen-bond acceptors (Lipinski definition) is 6. The van der Waals surface area contributed by atoms with Crippen molar-refractivity contribution in [3.8, 4) is 0 Å². The van der Waals surface area contributed by atoms with Gasteiger partial charge in [-0.1, -0.05) is 0 Å². The lowest BCUT2D eigenvalue weighted by atomic mass is 10.1. The Labute approximate surface area is 114 Å². The molecule has 0 radical (unpaired) electrons. The summed E-state index contributed by atoms with van der Waals surface area (Å²) in [4.78, 5) is 2.29. The van der Waals surface area contributed by atoms with Crippen molar-refractivity contribution < 1.29 is 9.47 Å². The van der Waals surface area contributed by atoms with Crippen molar-refractivity contribution in [2.24, 2.45) is 5.73 Å². The minimum absolute atomic E-state index is 0.427. The number of nitrogens with two attached hydrogens (primary N) is 1. The van der Waals surface area contributed by atoms with Crippen LogP contribution in [0.2, 0.25) is 0 Å². The van der Waals surface area contributed by atoms with Gasteiger partial charge < -0.3 is 15.2 Å². The van der Waals surface area contributed by atoms with Gasteiger partial charge in [-0.15, -0.1) is 11.8 Å². The highest BCUT2D eigenvalue weighted by atomic mass is 32.2. The fourth-order valence-electron chi connectivity index (χ4n) is 1.62. The molecule has 0 fully saturated rings. The van der Waals surface area contributed by atoms with E-state index in [0.717, 1.165) is 24.6 Å².